The number of thioether (sulfide) groups is 1. The smallest absolute Gasteiger partial charge is 0.293 e. The Hall–Kier alpha value is -0.680. The highest BCUT2D eigenvalue weighted by Crippen LogP contribution is 2.35. The molecule has 0 aliphatic heterocycles. The number of halogens is 4. The van der Waals surface area contributed by atoms with Crippen molar-refractivity contribution in [3.8, 4) is 0 Å². The normalized spacial score (nSPS) is 13.6. The summed E-state index contributed by atoms with van der Waals surface area (Å²) in [5.74, 6) is -0.579. The van der Waals surface area contributed by atoms with E-state index in [2.05, 4.69) is 0 Å². The van der Waals surface area contributed by atoms with Crippen molar-refractivity contribution in [3.63, 3.8) is 0 Å². The molecule has 0 fully saturated rings. The van der Waals surface area contributed by atoms with Gasteiger partial charge >= 0.3 is 5.51 Å². The number of carbonyl (C=O) groups is 1. The number of rotatable bonds is 3. The Labute approximate surface area is 100.0 Å². The van der Waals surface area contributed by atoms with Gasteiger partial charge in [0, 0.05) is 10.6 Å². The van der Waals surface area contributed by atoms with Crippen LogP contribution in [0, 0.1) is 0 Å². The molecule has 1 aromatic rings. The average molecular weight is 269 g/mol. The highest BCUT2D eigenvalue weighted by molar-refractivity contribution is 8.01. The highest BCUT2D eigenvalue weighted by Gasteiger charge is 2.34. The fraction of sp³-hybridized carbons (Fsp3) is 0.300. The minimum absolute atomic E-state index is 0.191. The van der Waals surface area contributed by atoms with Gasteiger partial charge in [0.1, 0.15) is 0 Å². The molecular formula is C10H8ClF3OS. The molecule has 1 atom stereocenters. The van der Waals surface area contributed by atoms with E-state index < -0.39 is 16.5 Å². The van der Waals surface area contributed by atoms with Crippen LogP contribution in [-0.4, -0.2) is 16.5 Å². The first-order chi connectivity index (χ1) is 7.29. The topological polar surface area (TPSA) is 17.1 Å². The highest BCUT2D eigenvalue weighted by atomic mass is 35.5. The zero-order valence-corrected chi connectivity index (χ0v) is 9.79. The largest absolute Gasteiger partial charge is 0.442 e. The Morgan fingerprint density at radius 1 is 1.44 bits per heavy atom. The van der Waals surface area contributed by atoms with Gasteiger partial charge in [-0.2, -0.15) is 13.2 Å². The van der Waals surface area contributed by atoms with Crippen molar-refractivity contribution < 1.29 is 18.0 Å². The predicted octanol–water partition coefficient (Wildman–Crippen LogP) is 4.16. The van der Waals surface area contributed by atoms with Crippen molar-refractivity contribution in [1.29, 1.82) is 0 Å². The maximum absolute atomic E-state index is 12.0. The van der Waals surface area contributed by atoms with Gasteiger partial charge in [-0.25, -0.2) is 0 Å². The quantitative estimate of drug-likeness (QED) is 0.766. The van der Waals surface area contributed by atoms with Gasteiger partial charge in [0.15, 0.2) is 5.78 Å². The van der Waals surface area contributed by atoms with Crippen molar-refractivity contribution in [1.82, 2.24) is 0 Å². The average Bonchev–Trinajstić information content (AvgIpc) is 2.14. The summed E-state index contributed by atoms with van der Waals surface area (Å²) in [6.45, 7) is 1.22. The molecule has 16 heavy (non-hydrogen) atoms. The Bertz CT molecular complexity index is 392. The lowest BCUT2D eigenvalue weighted by Crippen LogP contribution is -2.18. The zero-order valence-electron chi connectivity index (χ0n) is 8.22. The lowest BCUT2D eigenvalue weighted by Gasteiger charge is -2.12. The summed E-state index contributed by atoms with van der Waals surface area (Å²) in [4.78, 5) is 11.6. The van der Waals surface area contributed by atoms with E-state index in [0.717, 1.165) is 0 Å². The van der Waals surface area contributed by atoms with Crippen molar-refractivity contribution in [2.24, 2.45) is 0 Å². The van der Waals surface area contributed by atoms with Crippen LogP contribution in [-0.2, 0) is 0 Å². The maximum atomic E-state index is 12.0. The third-order valence-corrected chi connectivity index (χ3v) is 2.86. The SMILES string of the molecule is CC(SC(F)(F)F)C(=O)c1cccc(Cl)c1. The van der Waals surface area contributed by atoms with Crippen molar-refractivity contribution in [3.05, 3.63) is 34.9 Å². The molecule has 0 spiro atoms. The minimum atomic E-state index is -4.41. The summed E-state index contributed by atoms with van der Waals surface area (Å²) in [5.41, 5.74) is -4.22. The molecule has 1 unspecified atom stereocenters. The number of carbonyl (C=O) groups excluding carboxylic acids is 1. The van der Waals surface area contributed by atoms with Crippen LogP contribution in [0.2, 0.25) is 5.02 Å². The van der Waals surface area contributed by atoms with Crippen LogP contribution in [0.1, 0.15) is 17.3 Å². The van der Waals surface area contributed by atoms with Crippen LogP contribution in [0.5, 0.6) is 0 Å². The van der Waals surface area contributed by atoms with Gasteiger partial charge < -0.3 is 0 Å². The van der Waals surface area contributed by atoms with Gasteiger partial charge in [-0.05, 0) is 30.8 Å². The molecule has 0 aromatic heterocycles. The number of hydrogen-bond acceptors (Lipinski definition) is 2. The lowest BCUT2D eigenvalue weighted by atomic mass is 10.1. The molecule has 0 heterocycles. The number of benzene rings is 1. The van der Waals surface area contributed by atoms with Crippen LogP contribution >= 0.6 is 23.4 Å². The molecule has 0 aliphatic rings. The Balaban J connectivity index is 2.78. The van der Waals surface area contributed by atoms with Gasteiger partial charge in [0.25, 0.3) is 0 Å². The minimum Gasteiger partial charge on any atom is -0.293 e. The van der Waals surface area contributed by atoms with Gasteiger partial charge in [-0.15, -0.1) is 0 Å². The summed E-state index contributed by atoms with van der Waals surface area (Å²) in [6.07, 6.45) is 0. The summed E-state index contributed by atoms with van der Waals surface area (Å²) in [7, 11) is 0. The molecule has 6 heteroatoms. The van der Waals surface area contributed by atoms with E-state index in [9.17, 15) is 18.0 Å². The number of alkyl halides is 3. The van der Waals surface area contributed by atoms with Gasteiger partial charge in [0.05, 0.1) is 5.25 Å². The molecule has 1 nitrogen and oxygen atoms in total. The summed E-state index contributed by atoms with van der Waals surface area (Å²) in [6, 6.07) is 5.89. The summed E-state index contributed by atoms with van der Waals surface area (Å²) < 4.78 is 36.1. The molecule has 0 radical (unpaired) electrons. The molecule has 88 valence electrons. The molecule has 1 aromatic carbocycles. The standard InChI is InChI=1S/C10H8ClF3OS/c1-6(16-10(12,13)14)9(15)7-3-2-4-8(11)5-7/h2-6H,1H3. The lowest BCUT2D eigenvalue weighted by molar-refractivity contribution is -0.0332. The predicted molar refractivity (Wildman–Crippen MR) is 58.9 cm³/mol. The van der Waals surface area contributed by atoms with Crippen LogP contribution in [0.3, 0.4) is 0 Å². The van der Waals surface area contributed by atoms with E-state index in [1.807, 2.05) is 0 Å². The fourth-order valence-electron chi connectivity index (χ4n) is 1.13. The first-order valence-corrected chi connectivity index (χ1v) is 5.59. The number of Topliss-reactive ketones (excluding diaryl/α,β-unsaturated/α-hetero) is 1. The van der Waals surface area contributed by atoms with E-state index >= 15 is 0 Å². The monoisotopic (exact) mass is 268 g/mol. The van der Waals surface area contributed by atoms with Crippen LogP contribution in [0.15, 0.2) is 24.3 Å². The fourth-order valence-corrected chi connectivity index (χ4v) is 1.96. The molecular weight excluding hydrogens is 261 g/mol. The molecule has 0 saturated carbocycles. The number of ketones is 1. The van der Waals surface area contributed by atoms with E-state index in [-0.39, 0.29) is 17.3 Å². The third-order valence-electron chi connectivity index (χ3n) is 1.79. The van der Waals surface area contributed by atoms with Gasteiger partial charge in [0.2, 0.25) is 0 Å². The molecule has 0 amide bonds. The van der Waals surface area contributed by atoms with Crippen LogP contribution in [0.25, 0.3) is 0 Å². The van der Waals surface area contributed by atoms with Crippen LogP contribution in [0.4, 0.5) is 13.2 Å². The Kier molecular flexibility index (Phi) is 4.27. The Morgan fingerprint density at radius 3 is 2.56 bits per heavy atom. The first kappa shape index (κ1) is 13.4. The van der Waals surface area contributed by atoms with Crippen molar-refractivity contribution in [2.45, 2.75) is 17.7 Å². The molecule has 1 rings (SSSR count). The second-order valence-corrected chi connectivity index (χ2v) is 4.92. The summed E-state index contributed by atoms with van der Waals surface area (Å²) in [5, 5.41) is -0.839. The second-order valence-electron chi connectivity index (χ2n) is 3.08. The van der Waals surface area contributed by atoms with Gasteiger partial charge in [-0.1, -0.05) is 23.7 Å². The van der Waals surface area contributed by atoms with Crippen molar-refractivity contribution >= 4 is 29.1 Å². The van der Waals surface area contributed by atoms with E-state index in [1.54, 1.807) is 6.07 Å². The third kappa shape index (κ3) is 4.06. The zero-order chi connectivity index (χ0) is 12.3. The van der Waals surface area contributed by atoms with E-state index in [1.165, 1.54) is 25.1 Å². The van der Waals surface area contributed by atoms with Crippen LogP contribution < -0.4 is 0 Å². The maximum Gasteiger partial charge on any atom is 0.442 e. The van der Waals surface area contributed by atoms with Gasteiger partial charge in [-0.3, -0.25) is 4.79 Å². The second kappa shape index (κ2) is 5.10. The number of hydrogen-bond donors (Lipinski definition) is 0. The summed E-state index contributed by atoms with van der Waals surface area (Å²) >= 11 is 5.32. The Morgan fingerprint density at radius 2 is 2.06 bits per heavy atom. The molecule has 0 N–H and O–H groups in total. The molecule has 0 saturated heterocycles. The van der Waals surface area contributed by atoms with E-state index in [0.29, 0.717) is 5.02 Å². The van der Waals surface area contributed by atoms with Crippen molar-refractivity contribution in [2.75, 3.05) is 0 Å². The first-order valence-electron chi connectivity index (χ1n) is 4.34. The van der Waals surface area contributed by atoms with E-state index in [4.69, 9.17) is 11.6 Å². The molecule has 0 bridgehead atoms. The molecule has 0 aliphatic carbocycles.